The highest BCUT2D eigenvalue weighted by molar-refractivity contribution is 6.11. The van der Waals surface area contributed by atoms with Gasteiger partial charge in [0, 0.05) is 43.7 Å². The van der Waals surface area contributed by atoms with Crippen LogP contribution < -0.4 is 0 Å². The minimum absolute atomic E-state index is 0.169. The molecule has 16 aromatic rings. The zero-order chi connectivity index (χ0) is 61.4. The summed E-state index contributed by atoms with van der Waals surface area (Å²) in [7, 11) is 0. The smallest absolute Gasteiger partial charge is 0.0541 e. The molecule has 92 heavy (non-hydrogen) atoms. The molecule has 0 bridgehead atoms. The molecule has 0 aliphatic heterocycles. The topological polar surface area (TPSA) is 9.86 Å². The second-order valence-electron chi connectivity index (χ2n) is 26.5. The first-order valence-electron chi connectivity index (χ1n) is 32.3. The SMILES string of the molecule is CC1(C)c2cc(-c3ccc(C=Cc4ccc5c(c4)c4ccccc4n5-c4ccc5ccccc5c4)cc3)ccc2-c2ccc(-c3ccc4c(c3)C(C)(C)c3cc(-c5ccc(C=Cc6ccc7c(c6)c6ccccc6n7-c6ccc7ccccc7c6)cc5)ccc3-4)cc21. The Morgan fingerprint density at radius 1 is 0.228 bits per heavy atom. The van der Waals surface area contributed by atoms with E-state index >= 15 is 0 Å². The molecule has 0 spiro atoms. The molecule has 0 radical (unpaired) electrons. The largest absolute Gasteiger partial charge is 0.309 e. The van der Waals surface area contributed by atoms with E-state index < -0.39 is 0 Å². The van der Waals surface area contributed by atoms with Crippen molar-refractivity contribution in [3.05, 3.63) is 336 Å². The van der Waals surface area contributed by atoms with E-state index in [2.05, 4.69) is 352 Å². The Bertz CT molecular complexity index is 5440. The Hall–Kier alpha value is -11.3. The zero-order valence-corrected chi connectivity index (χ0v) is 51.9. The summed E-state index contributed by atoms with van der Waals surface area (Å²) in [5.41, 5.74) is 29.9. The molecule has 0 saturated carbocycles. The highest BCUT2D eigenvalue weighted by Crippen LogP contribution is 2.53. The van der Waals surface area contributed by atoms with Crippen LogP contribution >= 0.6 is 0 Å². The van der Waals surface area contributed by atoms with Gasteiger partial charge < -0.3 is 9.13 Å². The zero-order valence-electron chi connectivity index (χ0n) is 51.9. The van der Waals surface area contributed by atoms with Crippen LogP contribution in [0.3, 0.4) is 0 Å². The lowest BCUT2D eigenvalue weighted by atomic mass is 9.79. The average molecular weight is 1170 g/mol. The van der Waals surface area contributed by atoms with Crippen molar-refractivity contribution in [2.24, 2.45) is 0 Å². The molecular formula is C90H64N2. The molecule has 0 fully saturated rings. The van der Waals surface area contributed by atoms with Crippen molar-refractivity contribution in [2.75, 3.05) is 0 Å². The van der Waals surface area contributed by atoms with E-state index in [9.17, 15) is 0 Å². The van der Waals surface area contributed by atoms with Gasteiger partial charge in [-0.1, -0.05) is 258 Å². The molecule has 14 aromatic carbocycles. The lowest BCUT2D eigenvalue weighted by Crippen LogP contribution is -2.15. The van der Waals surface area contributed by atoms with Gasteiger partial charge in [-0.15, -0.1) is 0 Å². The average Bonchev–Trinajstić information content (AvgIpc) is 1.60. The number of nitrogens with zero attached hydrogens (tertiary/aromatic N) is 2. The highest BCUT2D eigenvalue weighted by atomic mass is 15.0. The minimum Gasteiger partial charge on any atom is -0.309 e. The molecule has 0 saturated heterocycles. The first-order chi connectivity index (χ1) is 45.1. The van der Waals surface area contributed by atoms with E-state index in [0.29, 0.717) is 0 Å². The Morgan fingerprint density at radius 3 is 0.924 bits per heavy atom. The molecule has 2 aliphatic carbocycles. The fraction of sp³-hybridized carbons (Fsp3) is 0.0667. The third kappa shape index (κ3) is 8.62. The van der Waals surface area contributed by atoms with E-state index in [4.69, 9.17) is 0 Å². The predicted octanol–water partition coefficient (Wildman–Crippen LogP) is 24.1. The minimum atomic E-state index is -0.169. The summed E-state index contributed by atoms with van der Waals surface area (Å²) < 4.78 is 4.80. The van der Waals surface area contributed by atoms with Crippen molar-refractivity contribution in [3.63, 3.8) is 0 Å². The first-order valence-corrected chi connectivity index (χ1v) is 32.3. The number of hydrogen-bond donors (Lipinski definition) is 0. The number of hydrogen-bond acceptors (Lipinski definition) is 0. The number of rotatable bonds is 9. The lowest BCUT2D eigenvalue weighted by Gasteiger charge is -2.24. The summed E-state index contributed by atoms with van der Waals surface area (Å²) in [5, 5.41) is 10.0. The molecule has 434 valence electrons. The van der Waals surface area contributed by atoms with Crippen LogP contribution in [0.1, 0.15) is 72.2 Å². The van der Waals surface area contributed by atoms with Crippen molar-refractivity contribution < 1.29 is 0 Å². The molecule has 2 aromatic heterocycles. The van der Waals surface area contributed by atoms with Crippen LogP contribution in [0.5, 0.6) is 0 Å². The van der Waals surface area contributed by atoms with Gasteiger partial charge in [0.05, 0.1) is 22.1 Å². The summed E-state index contributed by atoms with van der Waals surface area (Å²) in [6.45, 7) is 9.60. The van der Waals surface area contributed by atoms with E-state index in [1.165, 1.54) is 177 Å². The Morgan fingerprint density at radius 2 is 0.533 bits per heavy atom. The molecule has 2 heteroatoms. The Labute approximate surface area is 536 Å². The molecule has 0 atom stereocenters. The van der Waals surface area contributed by atoms with Gasteiger partial charge in [0.25, 0.3) is 0 Å². The summed E-state index contributed by atoms with van der Waals surface area (Å²) in [6, 6.07) is 109. The molecule has 0 unspecified atom stereocenters. The van der Waals surface area contributed by atoms with Gasteiger partial charge >= 0.3 is 0 Å². The van der Waals surface area contributed by atoms with E-state index in [-0.39, 0.29) is 10.8 Å². The van der Waals surface area contributed by atoms with Crippen molar-refractivity contribution in [1.29, 1.82) is 0 Å². The maximum Gasteiger partial charge on any atom is 0.0541 e. The van der Waals surface area contributed by atoms with E-state index in [1.807, 2.05) is 0 Å². The van der Waals surface area contributed by atoms with Crippen LogP contribution in [0.25, 0.3) is 156 Å². The van der Waals surface area contributed by atoms with Crippen LogP contribution in [0, 0.1) is 0 Å². The van der Waals surface area contributed by atoms with E-state index in [1.54, 1.807) is 0 Å². The van der Waals surface area contributed by atoms with Crippen molar-refractivity contribution in [2.45, 2.75) is 38.5 Å². The normalized spacial score (nSPS) is 13.7. The standard InChI is InChI=1S/C90H64N2/c1-89(2)81-53-67(63-31-25-57(26-32-63)21-23-59-29-47-87-79(49-59)77-17-9-11-19-85(77)91(87)71-41-35-61-13-5-7-15-65(61)51-71)37-43-73(81)75-45-39-69(55-83(75)89)70-40-46-76-74-44-38-68(54-82(74)90(3,4)84(76)56-70)64-33-27-58(28-34-64)22-24-60-30-48-88-80(50-60)78-18-10-12-20-86(78)92(88)72-42-36-62-14-6-8-16-66(62)52-72/h5-56H,1-4H3. The van der Waals surface area contributed by atoms with Crippen LogP contribution in [-0.4, -0.2) is 9.13 Å². The summed E-state index contributed by atoms with van der Waals surface area (Å²) in [5.74, 6) is 0. The number of aromatic nitrogens is 2. The maximum atomic E-state index is 2.47. The molecule has 18 rings (SSSR count). The van der Waals surface area contributed by atoms with Crippen molar-refractivity contribution >= 4 is 89.5 Å². The van der Waals surface area contributed by atoms with Gasteiger partial charge in [0.15, 0.2) is 0 Å². The number of benzene rings is 14. The highest BCUT2D eigenvalue weighted by Gasteiger charge is 2.38. The quantitative estimate of drug-likeness (QED) is 0.128. The Balaban J connectivity index is 0.564. The molecule has 2 aliphatic rings. The van der Waals surface area contributed by atoms with Gasteiger partial charge in [-0.05, 0) is 207 Å². The van der Waals surface area contributed by atoms with Crippen LogP contribution in [0.2, 0.25) is 0 Å². The maximum absolute atomic E-state index is 2.47. The molecular weight excluding hydrogens is 1110 g/mol. The van der Waals surface area contributed by atoms with Crippen LogP contribution in [0.4, 0.5) is 0 Å². The second-order valence-corrected chi connectivity index (χ2v) is 26.5. The van der Waals surface area contributed by atoms with E-state index in [0.717, 1.165) is 0 Å². The van der Waals surface area contributed by atoms with Gasteiger partial charge in [-0.3, -0.25) is 0 Å². The van der Waals surface area contributed by atoms with Crippen LogP contribution in [-0.2, 0) is 10.8 Å². The van der Waals surface area contributed by atoms with Crippen molar-refractivity contribution in [3.8, 4) is 67.0 Å². The lowest BCUT2D eigenvalue weighted by molar-refractivity contribution is 0.660. The fourth-order valence-corrected chi connectivity index (χ4v) is 15.5. The monoisotopic (exact) mass is 1170 g/mol. The predicted molar refractivity (Wildman–Crippen MR) is 392 cm³/mol. The summed E-state index contributed by atoms with van der Waals surface area (Å²) in [4.78, 5) is 0. The fourth-order valence-electron chi connectivity index (χ4n) is 15.5. The first kappa shape index (κ1) is 53.7. The van der Waals surface area contributed by atoms with Gasteiger partial charge in [-0.25, -0.2) is 0 Å². The third-order valence-corrected chi connectivity index (χ3v) is 20.5. The molecule has 2 nitrogen and oxygen atoms in total. The molecule has 0 N–H and O–H groups in total. The summed E-state index contributed by atoms with van der Waals surface area (Å²) in [6.07, 6.45) is 8.96. The van der Waals surface area contributed by atoms with Crippen molar-refractivity contribution in [1.82, 2.24) is 9.13 Å². The number of fused-ring (bicyclic) bond motifs is 14. The van der Waals surface area contributed by atoms with Crippen LogP contribution in [0.15, 0.2) is 291 Å². The van der Waals surface area contributed by atoms with Gasteiger partial charge in [0.1, 0.15) is 0 Å². The summed E-state index contributed by atoms with van der Waals surface area (Å²) >= 11 is 0. The van der Waals surface area contributed by atoms with Gasteiger partial charge in [0.2, 0.25) is 0 Å². The van der Waals surface area contributed by atoms with Gasteiger partial charge in [-0.2, -0.15) is 0 Å². The third-order valence-electron chi connectivity index (χ3n) is 20.5. The second kappa shape index (κ2) is 20.6. The molecule has 2 heterocycles. The Kier molecular flexibility index (Phi) is 12.0. The molecule has 0 amide bonds. The number of para-hydroxylation sites is 2.